The smallest absolute Gasteiger partial charge is 0.339 e. The topological polar surface area (TPSA) is 81.4 Å². The minimum Gasteiger partial charge on any atom is -0.444 e. The minimum atomic E-state index is -0.957. The van der Waals surface area contributed by atoms with E-state index in [9.17, 15) is 9.59 Å². The van der Waals surface area contributed by atoms with Crippen molar-refractivity contribution in [2.45, 2.75) is 25.0 Å². The molecule has 0 unspecified atom stereocenters. The number of nitrogens with two attached hydrogens (primary N) is 1. The molecule has 0 aliphatic heterocycles. The van der Waals surface area contributed by atoms with Gasteiger partial charge in [0.2, 0.25) is 6.10 Å². The van der Waals surface area contributed by atoms with E-state index in [0.717, 1.165) is 12.8 Å². The van der Waals surface area contributed by atoms with Crippen LogP contribution in [0.25, 0.3) is 0 Å². The van der Waals surface area contributed by atoms with Crippen molar-refractivity contribution in [1.29, 1.82) is 0 Å². The maximum atomic E-state index is 12.4. The standard InChI is InChI=1S/C18H18N2O3/c19-14-8-6-13(7-9-14)18(22)23-16(12-4-2-1-3-5-12)17(21)20-15-10-11-15/h1-9,15-16H,10-11,19H2,(H,20,21)/t16-/m1/s1. The van der Waals surface area contributed by atoms with Gasteiger partial charge < -0.3 is 15.8 Å². The van der Waals surface area contributed by atoms with E-state index in [0.29, 0.717) is 16.8 Å². The van der Waals surface area contributed by atoms with E-state index >= 15 is 0 Å². The summed E-state index contributed by atoms with van der Waals surface area (Å²) in [6.07, 6.45) is 0.986. The Kier molecular flexibility index (Phi) is 4.28. The van der Waals surface area contributed by atoms with E-state index in [4.69, 9.17) is 10.5 Å². The van der Waals surface area contributed by atoms with Crippen molar-refractivity contribution in [3.05, 3.63) is 65.7 Å². The zero-order valence-corrected chi connectivity index (χ0v) is 12.6. The van der Waals surface area contributed by atoms with Gasteiger partial charge in [0.15, 0.2) is 0 Å². The predicted molar refractivity (Wildman–Crippen MR) is 86.6 cm³/mol. The van der Waals surface area contributed by atoms with Crippen LogP contribution in [0.1, 0.15) is 34.9 Å². The van der Waals surface area contributed by atoms with Crippen molar-refractivity contribution in [3.8, 4) is 0 Å². The summed E-state index contributed by atoms with van der Waals surface area (Å²) >= 11 is 0. The van der Waals surface area contributed by atoms with Gasteiger partial charge in [0.25, 0.3) is 5.91 Å². The number of ether oxygens (including phenoxy) is 1. The van der Waals surface area contributed by atoms with E-state index in [2.05, 4.69) is 5.32 Å². The predicted octanol–water partition coefficient (Wildman–Crippen LogP) is 2.45. The third-order valence-corrected chi connectivity index (χ3v) is 3.64. The van der Waals surface area contributed by atoms with Gasteiger partial charge >= 0.3 is 5.97 Å². The molecule has 23 heavy (non-hydrogen) atoms. The van der Waals surface area contributed by atoms with Crippen LogP contribution in [0.5, 0.6) is 0 Å². The number of nitrogens with one attached hydrogen (secondary N) is 1. The normalized spacial score (nSPS) is 14.8. The molecule has 5 nitrogen and oxygen atoms in total. The quantitative estimate of drug-likeness (QED) is 0.656. The summed E-state index contributed by atoms with van der Waals surface area (Å²) in [5, 5.41) is 2.88. The van der Waals surface area contributed by atoms with Gasteiger partial charge in [-0.1, -0.05) is 30.3 Å². The molecule has 2 aromatic carbocycles. The summed E-state index contributed by atoms with van der Waals surface area (Å²) in [7, 11) is 0. The van der Waals surface area contributed by atoms with E-state index < -0.39 is 12.1 Å². The van der Waals surface area contributed by atoms with Crippen LogP contribution in [0.3, 0.4) is 0 Å². The molecule has 1 fully saturated rings. The second-order valence-electron chi connectivity index (χ2n) is 5.60. The lowest BCUT2D eigenvalue weighted by atomic mass is 10.1. The van der Waals surface area contributed by atoms with Crippen molar-refractivity contribution >= 4 is 17.6 Å². The van der Waals surface area contributed by atoms with Gasteiger partial charge in [0.05, 0.1) is 5.56 Å². The van der Waals surface area contributed by atoms with Crippen LogP contribution >= 0.6 is 0 Å². The molecule has 2 aromatic rings. The molecule has 1 aliphatic rings. The third-order valence-electron chi connectivity index (χ3n) is 3.64. The van der Waals surface area contributed by atoms with E-state index in [-0.39, 0.29) is 11.9 Å². The fraction of sp³-hybridized carbons (Fsp3) is 0.222. The summed E-state index contributed by atoms with van der Waals surface area (Å²) in [5.74, 6) is -0.840. The number of amides is 1. The number of hydrogen-bond acceptors (Lipinski definition) is 4. The number of nitrogen functional groups attached to an aromatic ring is 1. The first kappa shape index (κ1) is 15.1. The Morgan fingerprint density at radius 2 is 1.70 bits per heavy atom. The number of benzene rings is 2. The molecule has 1 amide bonds. The van der Waals surface area contributed by atoms with Crippen molar-refractivity contribution in [2.24, 2.45) is 0 Å². The van der Waals surface area contributed by atoms with Gasteiger partial charge in [0.1, 0.15) is 0 Å². The first-order valence-corrected chi connectivity index (χ1v) is 7.55. The third kappa shape index (κ3) is 3.88. The molecule has 5 heteroatoms. The van der Waals surface area contributed by atoms with Crippen molar-refractivity contribution in [1.82, 2.24) is 5.32 Å². The Hall–Kier alpha value is -2.82. The van der Waals surface area contributed by atoms with Crippen LogP contribution in [0.15, 0.2) is 54.6 Å². The number of esters is 1. The van der Waals surface area contributed by atoms with Gasteiger partial charge in [-0.3, -0.25) is 4.79 Å². The molecule has 1 saturated carbocycles. The second-order valence-corrected chi connectivity index (χ2v) is 5.60. The fourth-order valence-electron chi connectivity index (χ4n) is 2.20. The number of carbonyl (C=O) groups excluding carboxylic acids is 2. The van der Waals surface area contributed by atoms with Crippen LogP contribution in [-0.4, -0.2) is 17.9 Å². The summed E-state index contributed by atoms with van der Waals surface area (Å²) < 4.78 is 5.46. The zero-order chi connectivity index (χ0) is 16.2. The highest BCUT2D eigenvalue weighted by Crippen LogP contribution is 2.24. The lowest BCUT2D eigenvalue weighted by Crippen LogP contribution is -2.33. The highest BCUT2D eigenvalue weighted by molar-refractivity contribution is 5.93. The summed E-state index contributed by atoms with van der Waals surface area (Å²) in [6.45, 7) is 0. The fourth-order valence-corrected chi connectivity index (χ4v) is 2.20. The van der Waals surface area contributed by atoms with Crippen LogP contribution < -0.4 is 11.1 Å². The molecule has 3 rings (SSSR count). The first-order chi connectivity index (χ1) is 11.1. The van der Waals surface area contributed by atoms with Crippen LogP contribution in [0.2, 0.25) is 0 Å². The first-order valence-electron chi connectivity index (χ1n) is 7.55. The number of hydrogen-bond donors (Lipinski definition) is 2. The van der Waals surface area contributed by atoms with Crippen LogP contribution in [-0.2, 0) is 9.53 Å². The summed E-state index contributed by atoms with van der Waals surface area (Å²) in [5.41, 5.74) is 7.18. The molecule has 0 radical (unpaired) electrons. The van der Waals surface area contributed by atoms with Crippen molar-refractivity contribution in [3.63, 3.8) is 0 Å². The van der Waals surface area contributed by atoms with Crippen LogP contribution in [0, 0.1) is 0 Å². The van der Waals surface area contributed by atoms with Gasteiger partial charge in [-0.2, -0.15) is 0 Å². The lowest BCUT2D eigenvalue weighted by Gasteiger charge is -2.18. The molecule has 0 spiro atoms. The highest BCUT2D eigenvalue weighted by atomic mass is 16.5. The molecule has 118 valence electrons. The van der Waals surface area contributed by atoms with Gasteiger partial charge in [-0.05, 0) is 37.1 Å². The number of rotatable bonds is 5. The molecule has 0 bridgehead atoms. The van der Waals surface area contributed by atoms with Crippen LogP contribution in [0.4, 0.5) is 5.69 Å². The average Bonchev–Trinajstić information content (AvgIpc) is 3.37. The SMILES string of the molecule is Nc1ccc(C(=O)O[C@@H](C(=O)NC2CC2)c2ccccc2)cc1. The highest BCUT2D eigenvalue weighted by Gasteiger charge is 2.31. The Morgan fingerprint density at radius 1 is 1.04 bits per heavy atom. The molecule has 0 aromatic heterocycles. The Bertz CT molecular complexity index is 694. The van der Waals surface area contributed by atoms with Gasteiger partial charge in [-0.15, -0.1) is 0 Å². The van der Waals surface area contributed by atoms with Crippen molar-refractivity contribution < 1.29 is 14.3 Å². The summed E-state index contributed by atoms with van der Waals surface area (Å²) in [6, 6.07) is 15.6. The molecule has 1 atom stereocenters. The summed E-state index contributed by atoms with van der Waals surface area (Å²) in [4.78, 5) is 24.7. The maximum absolute atomic E-state index is 12.4. The zero-order valence-electron chi connectivity index (χ0n) is 12.6. The largest absolute Gasteiger partial charge is 0.444 e. The Morgan fingerprint density at radius 3 is 2.30 bits per heavy atom. The van der Waals surface area contributed by atoms with Gasteiger partial charge in [-0.25, -0.2) is 4.79 Å². The Labute approximate surface area is 134 Å². The molecule has 0 heterocycles. The maximum Gasteiger partial charge on any atom is 0.339 e. The molecular weight excluding hydrogens is 292 g/mol. The monoisotopic (exact) mass is 310 g/mol. The Balaban J connectivity index is 1.78. The van der Waals surface area contributed by atoms with Crippen molar-refractivity contribution in [2.75, 3.05) is 5.73 Å². The van der Waals surface area contributed by atoms with E-state index in [1.165, 1.54) is 0 Å². The lowest BCUT2D eigenvalue weighted by molar-refractivity contribution is -0.130. The van der Waals surface area contributed by atoms with Gasteiger partial charge in [0, 0.05) is 17.3 Å². The van der Waals surface area contributed by atoms with E-state index in [1.54, 1.807) is 36.4 Å². The molecule has 3 N–H and O–H groups in total. The molecule has 1 aliphatic carbocycles. The number of carbonyl (C=O) groups is 2. The second kappa shape index (κ2) is 6.52. The molecular formula is C18H18N2O3. The van der Waals surface area contributed by atoms with E-state index in [1.807, 2.05) is 18.2 Å². The number of anilines is 1. The average molecular weight is 310 g/mol. The minimum absolute atomic E-state index is 0.198. The molecule has 0 saturated heterocycles.